The van der Waals surface area contributed by atoms with Gasteiger partial charge < -0.3 is 19.3 Å². The number of anilines is 1. The molecule has 3 aliphatic heterocycles. The normalized spacial score (nSPS) is 23.8. The number of Topliss-reactive ketones (excluding diaryl/α,β-unsaturated/α-hetero) is 2. The van der Waals surface area contributed by atoms with Crippen LogP contribution in [0.5, 0.6) is 5.75 Å². The number of ketones is 2. The number of rotatable bonds is 8. The van der Waals surface area contributed by atoms with Crippen LogP contribution in [0.4, 0.5) is 5.69 Å². The molecule has 196 valence electrons. The number of benzene rings is 2. The molecule has 2 aromatic rings. The van der Waals surface area contributed by atoms with Crippen LogP contribution in [0.15, 0.2) is 42.5 Å². The molecule has 2 saturated heterocycles. The van der Waals surface area contributed by atoms with Crippen molar-refractivity contribution in [1.29, 1.82) is 0 Å². The highest BCUT2D eigenvalue weighted by molar-refractivity contribution is 6.44. The van der Waals surface area contributed by atoms with Gasteiger partial charge in [0.1, 0.15) is 17.8 Å². The predicted molar refractivity (Wildman–Crippen MR) is 140 cm³/mol. The lowest BCUT2D eigenvalue weighted by atomic mass is 9.85. The summed E-state index contributed by atoms with van der Waals surface area (Å²) in [6, 6.07) is 12.5. The van der Waals surface area contributed by atoms with Crippen molar-refractivity contribution in [3.63, 3.8) is 0 Å². The summed E-state index contributed by atoms with van der Waals surface area (Å²) < 4.78 is 11.2. The Hall–Kier alpha value is -3.23. The summed E-state index contributed by atoms with van der Waals surface area (Å²) in [5, 5.41) is 0. The van der Waals surface area contributed by atoms with Gasteiger partial charge in [-0.3, -0.25) is 19.3 Å². The number of carbonyl (C=O) groups excluding carboxylic acids is 3. The zero-order valence-corrected chi connectivity index (χ0v) is 21.8. The summed E-state index contributed by atoms with van der Waals surface area (Å²) in [5.41, 5.74) is 3.22. The summed E-state index contributed by atoms with van der Waals surface area (Å²) in [6.07, 6.45) is 1.50. The third-order valence-corrected chi connectivity index (χ3v) is 7.60. The smallest absolute Gasteiger partial charge is 0.291 e. The number of ether oxygens (including phenoxy) is 2. The van der Waals surface area contributed by atoms with Gasteiger partial charge in [-0.15, -0.1) is 0 Å². The minimum absolute atomic E-state index is 0.0555. The van der Waals surface area contributed by atoms with E-state index in [4.69, 9.17) is 9.47 Å². The summed E-state index contributed by atoms with van der Waals surface area (Å²) in [5.74, 6) is -1.79. The van der Waals surface area contributed by atoms with Crippen molar-refractivity contribution in [1.82, 2.24) is 9.80 Å². The second-order valence-electron chi connectivity index (χ2n) is 10.4. The maximum absolute atomic E-state index is 13.8. The van der Waals surface area contributed by atoms with E-state index in [1.165, 1.54) is 0 Å². The van der Waals surface area contributed by atoms with Crippen LogP contribution in [0.2, 0.25) is 0 Å². The molecule has 0 N–H and O–H groups in total. The first-order valence-corrected chi connectivity index (χ1v) is 13.1. The van der Waals surface area contributed by atoms with Crippen molar-refractivity contribution >= 4 is 23.2 Å². The molecule has 0 saturated carbocycles. The summed E-state index contributed by atoms with van der Waals surface area (Å²) >= 11 is 0. The van der Waals surface area contributed by atoms with E-state index >= 15 is 0 Å². The highest BCUT2D eigenvalue weighted by atomic mass is 16.5. The van der Waals surface area contributed by atoms with Crippen molar-refractivity contribution in [3.8, 4) is 5.75 Å². The predicted octanol–water partition coefficient (Wildman–Crippen LogP) is 2.75. The topological polar surface area (TPSA) is 79.4 Å². The molecule has 3 aliphatic rings. The quantitative estimate of drug-likeness (QED) is 0.310. The number of fused-ring (bicyclic) bond motifs is 1. The number of hydrogen-bond acceptors (Lipinski definition) is 7. The Bertz CT molecular complexity index is 1170. The standard InChI is InChI=1S/C29H35N3O5/c1-19-17-22-18-21(7-10-24(22)37-19)27(33)25-26(20-5-8-23(9-6-20)30(2)3)32(29(35)28(25)34)12-4-11-31-13-15-36-16-14-31/h5-10,18-19,25-26H,4,11-17H2,1-3H3. The Morgan fingerprint density at radius 2 is 1.76 bits per heavy atom. The van der Waals surface area contributed by atoms with Gasteiger partial charge in [-0.05, 0) is 54.8 Å². The zero-order valence-electron chi connectivity index (χ0n) is 21.8. The van der Waals surface area contributed by atoms with Crippen LogP contribution in [-0.4, -0.2) is 86.9 Å². The van der Waals surface area contributed by atoms with Crippen LogP contribution in [0.3, 0.4) is 0 Å². The van der Waals surface area contributed by atoms with Crippen molar-refractivity contribution in [2.45, 2.75) is 31.9 Å². The molecule has 3 atom stereocenters. The fourth-order valence-electron chi connectivity index (χ4n) is 5.61. The molecule has 8 heteroatoms. The highest BCUT2D eigenvalue weighted by Crippen LogP contribution is 2.40. The first-order valence-electron chi connectivity index (χ1n) is 13.1. The molecule has 37 heavy (non-hydrogen) atoms. The summed E-state index contributed by atoms with van der Waals surface area (Å²) in [4.78, 5) is 46.4. The van der Waals surface area contributed by atoms with Crippen LogP contribution < -0.4 is 9.64 Å². The second kappa shape index (κ2) is 10.6. The third-order valence-electron chi connectivity index (χ3n) is 7.60. The van der Waals surface area contributed by atoms with Gasteiger partial charge in [-0.2, -0.15) is 0 Å². The molecule has 3 unspecified atom stereocenters. The SMILES string of the molecule is CC1Cc2cc(C(=O)C3C(=O)C(=O)N(CCCN4CCOCC4)C3c3ccc(N(C)C)cc3)ccc2O1. The van der Waals surface area contributed by atoms with Gasteiger partial charge in [-0.1, -0.05) is 12.1 Å². The van der Waals surface area contributed by atoms with Gasteiger partial charge in [-0.25, -0.2) is 0 Å². The molecule has 3 heterocycles. The van der Waals surface area contributed by atoms with E-state index in [9.17, 15) is 14.4 Å². The van der Waals surface area contributed by atoms with Gasteiger partial charge in [0.15, 0.2) is 5.78 Å². The molecule has 5 rings (SSSR count). The number of likely N-dealkylation sites (tertiary alicyclic amines) is 1. The van der Waals surface area contributed by atoms with E-state index in [-0.39, 0.29) is 11.9 Å². The average Bonchev–Trinajstić information content (AvgIpc) is 3.40. The number of carbonyl (C=O) groups is 3. The van der Waals surface area contributed by atoms with E-state index in [0.717, 1.165) is 55.0 Å². The fourth-order valence-corrected chi connectivity index (χ4v) is 5.61. The minimum Gasteiger partial charge on any atom is -0.490 e. The molecule has 0 bridgehead atoms. The van der Waals surface area contributed by atoms with Gasteiger partial charge in [0, 0.05) is 57.9 Å². The molecular weight excluding hydrogens is 470 g/mol. The fraction of sp³-hybridized carbons (Fsp3) is 0.483. The van der Waals surface area contributed by atoms with Gasteiger partial charge >= 0.3 is 0 Å². The van der Waals surface area contributed by atoms with Crippen LogP contribution in [0.1, 0.15) is 40.9 Å². The van der Waals surface area contributed by atoms with Crippen molar-refractivity contribution < 1.29 is 23.9 Å². The molecule has 0 spiro atoms. The second-order valence-corrected chi connectivity index (χ2v) is 10.4. The van der Waals surface area contributed by atoms with Gasteiger partial charge in [0.2, 0.25) is 5.78 Å². The largest absolute Gasteiger partial charge is 0.490 e. The summed E-state index contributed by atoms with van der Waals surface area (Å²) in [7, 11) is 3.92. The molecule has 0 radical (unpaired) electrons. The summed E-state index contributed by atoms with van der Waals surface area (Å²) in [6.45, 7) is 6.37. The van der Waals surface area contributed by atoms with E-state index in [1.807, 2.05) is 56.3 Å². The van der Waals surface area contributed by atoms with Crippen LogP contribution in [-0.2, 0) is 20.7 Å². The Labute approximate surface area is 218 Å². The molecule has 0 aromatic heterocycles. The van der Waals surface area contributed by atoms with E-state index in [2.05, 4.69) is 4.90 Å². The molecule has 0 aliphatic carbocycles. The molecule has 8 nitrogen and oxygen atoms in total. The Morgan fingerprint density at radius 3 is 2.46 bits per heavy atom. The van der Waals surface area contributed by atoms with E-state index in [0.29, 0.717) is 25.3 Å². The Kier molecular flexibility index (Phi) is 7.31. The Balaban J connectivity index is 1.43. The molecular formula is C29H35N3O5. The number of amides is 1. The number of morpholine rings is 1. The maximum atomic E-state index is 13.8. The lowest BCUT2D eigenvalue weighted by molar-refractivity contribution is -0.140. The van der Waals surface area contributed by atoms with Crippen molar-refractivity contribution in [2.75, 3.05) is 58.4 Å². The van der Waals surface area contributed by atoms with Crippen LogP contribution >= 0.6 is 0 Å². The van der Waals surface area contributed by atoms with Crippen molar-refractivity contribution in [2.24, 2.45) is 5.92 Å². The maximum Gasteiger partial charge on any atom is 0.291 e. The molecule has 2 fully saturated rings. The van der Waals surface area contributed by atoms with Crippen molar-refractivity contribution in [3.05, 3.63) is 59.2 Å². The number of nitrogens with zero attached hydrogens (tertiary/aromatic N) is 3. The Morgan fingerprint density at radius 1 is 1.03 bits per heavy atom. The van der Waals surface area contributed by atoms with Crippen LogP contribution in [0, 0.1) is 5.92 Å². The van der Waals surface area contributed by atoms with E-state index in [1.54, 1.807) is 17.0 Å². The highest BCUT2D eigenvalue weighted by Gasteiger charge is 2.51. The molecule has 1 amide bonds. The zero-order chi connectivity index (χ0) is 26.1. The van der Waals surface area contributed by atoms with Crippen LogP contribution in [0.25, 0.3) is 0 Å². The average molecular weight is 506 g/mol. The lowest BCUT2D eigenvalue weighted by Crippen LogP contribution is -2.39. The van der Waals surface area contributed by atoms with Gasteiger partial charge in [0.25, 0.3) is 5.91 Å². The monoisotopic (exact) mass is 505 g/mol. The van der Waals surface area contributed by atoms with E-state index < -0.39 is 23.7 Å². The third kappa shape index (κ3) is 5.13. The first kappa shape index (κ1) is 25.4. The lowest BCUT2D eigenvalue weighted by Gasteiger charge is -2.30. The molecule has 2 aromatic carbocycles. The minimum atomic E-state index is -1.07. The van der Waals surface area contributed by atoms with Gasteiger partial charge in [0.05, 0.1) is 19.3 Å². The first-order chi connectivity index (χ1) is 17.8. The number of hydrogen-bond donors (Lipinski definition) is 0.